The first-order valence-electron chi connectivity index (χ1n) is 8.18. The van der Waals surface area contributed by atoms with Crippen LogP contribution in [0.15, 0.2) is 6.20 Å². The highest BCUT2D eigenvalue weighted by Gasteiger charge is 2.27. The number of aryl methyl sites for hydroxylation is 2. The molecule has 1 aliphatic rings. The molecule has 1 aromatic rings. The van der Waals surface area contributed by atoms with Crippen LogP contribution in [0.25, 0.3) is 0 Å². The van der Waals surface area contributed by atoms with Crippen LogP contribution in [-0.4, -0.2) is 33.0 Å². The van der Waals surface area contributed by atoms with Gasteiger partial charge in [-0.25, -0.2) is 9.97 Å². The minimum absolute atomic E-state index is 0.0322. The molecule has 1 heterocycles. The second-order valence-corrected chi connectivity index (χ2v) is 6.76. The van der Waals surface area contributed by atoms with Crippen LogP contribution in [0.5, 0.6) is 0 Å². The van der Waals surface area contributed by atoms with Crippen molar-refractivity contribution in [3.63, 3.8) is 0 Å². The van der Waals surface area contributed by atoms with E-state index in [0.717, 1.165) is 29.9 Å². The van der Waals surface area contributed by atoms with E-state index in [1.807, 2.05) is 27.0 Å². The summed E-state index contributed by atoms with van der Waals surface area (Å²) in [4.78, 5) is 32.1. The third kappa shape index (κ3) is 5.01. The summed E-state index contributed by atoms with van der Waals surface area (Å²) in [7, 11) is 0. The molecule has 6 nitrogen and oxygen atoms in total. The summed E-state index contributed by atoms with van der Waals surface area (Å²) in [5, 5.41) is 12.0. The van der Waals surface area contributed by atoms with Crippen LogP contribution in [0.1, 0.15) is 50.2 Å². The molecule has 2 atom stereocenters. The van der Waals surface area contributed by atoms with Gasteiger partial charge >= 0.3 is 5.97 Å². The smallest absolute Gasteiger partial charge is 0.304 e. The second kappa shape index (κ2) is 7.53. The van der Waals surface area contributed by atoms with Crippen molar-refractivity contribution in [1.29, 1.82) is 0 Å². The summed E-state index contributed by atoms with van der Waals surface area (Å²) in [6.07, 6.45) is 4.66. The fraction of sp³-hybridized carbons (Fsp3) is 0.647. The van der Waals surface area contributed by atoms with Crippen LogP contribution in [0.4, 0.5) is 0 Å². The number of carbonyl (C=O) groups is 2. The first-order chi connectivity index (χ1) is 10.8. The Kier molecular flexibility index (Phi) is 5.69. The van der Waals surface area contributed by atoms with Gasteiger partial charge in [0, 0.05) is 23.9 Å². The predicted molar refractivity (Wildman–Crippen MR) is 85.9 cm³/mol. The van der Waals surface area contributed by atoms with Gasteiger partial charge in [-0.1, -0.05) is 13.8 Å². The van der Waals surface area contributed by atoms with Crippen LogP contribution < -0.4 is 5.32 Å². The number of fused-ring (bicyclic) bond motifs is 1. The molecule has 6 heteroatoms. The fourth-order valence-electron chi connectivity index (χ4n) is 3.11. The summed E-state index contributed by atoms with van der Waals surface area (Å²) in [6, 6.07) is 0.0322. The van der Waals surface area contributed by atoms with Crippen LogP contribution in [-0.2, 0) is 22.4 Å². The molecule has 0 bridgehead atoms. The molecule has 2 rings (SSSR count). The van der Waals surface area contributed by atoms with Crippen molar-refractivity contribution in [2.24, 2.45) is 11.8 Å². The first kappa shape index (κ1) is 17.4. The van der Waals surface area contributed by atoms with Gasteiger partial charge in [0.2, 0.25) is 5.91 Å². The first-order valence-corrected chi connectivity index (χ1v) is 8.18. The molecule has 0 fully saturated rings. The maximum Gasteiger partial charge on any atom is 0.304 e. The Hall–Kier alpha value is -1.98. The predicted octanol–water partition coefficient (Wildman–Crippen LogP) is 1.90. The number of carboxylic acid groups (broad SMARTS) is 1. The highest BCUT2D eigenvalue weighted by molar-refractivity contribution is 5.83. The Morgan fingerprint density at radius 3 is 2.83 bits per heavy atom. The van der Waals surface area contributed by atoms with E-state index in [1.165, 1.54) is 0 Å². The van der Waals surface area contributed by atoms with Crippen molar-refractivity contribution in [1.82, 2.24) is 15.3 Å². The Balaban J connectivity index is 1.99. The minimum atomic E-state index is -0.927. The zero-order valence-electron chi connectivity index (χ0n) is 14.0. The number of carboxylic acids is 1. The number of hydrogen-bond acceptors (Lipinski definition) is 4. The third-order valence-corrected chi connectivity index (χ3v) is 4.16. The van der Waals surface area contributed by atoms with E-state index in [-0.39, 0.29) is 24.3 Å². The normalized spacial score (nSPS) is 18.3. The van der Waals surface area contributed by atoms with Gasteiger partial charge in [0.05, 0.1) is 6.42 Å². The van der Waals surface area contributed by atoms with E-state index in [4.69, 9.17) is 5.11 Å². The van der Waals surface area contributed by atoms with E-state index in [2.05, 4.69) is 15.3 Å². The molecule has 0 spiro atoms. The summed E-state index contributed by atoms with van der Waals surface area (Å²) in [5.74, 6) is -0.493. The summed E-state index contributed by atoms with van der Waals surface area (Å²) >= 11 is 0. The SMILES string of the molecule is Cc1ncc2c(n1)CCC(NC(=O)C(CC(=O)O)CC(C)C)C2. The molecule has 2 unspecified atom stereocenters. The summed E-state index contributed by atoms with van der Waals surface area (Å²) in [6.45, 7) is 5.87. The van der Waals surface area contributed by atoms with Crippen molar-refractivity contribution >= 4 is 11.9 Å². The van der Waals surface area contributed by atoms with E-state index in [1.54, 1.807) is 0 Å². The molecule has 0 radical (unpaired) electrons. The van der Waals surface area contributed by atoms with Gasteiger partial charge < -0.3 is 10.4 Å². The lowest BCUT2D eigenvalue weighted by Crippen LogP contribution is -2.43. The van der Waals surface area contributed by atoms with E-state index in [9.17, 15) is 9.59 Å². The summed E-state index contributed by atoms with van der Waals surface area (Å²) in [5.41, 5.74) is 2.14. The number of rotatable bonds is 6. The number of aliphatic carboxylic acids is 1. The molecular formula is C17H25N3O3. The highest BCUT2D eigenvalue weighted by Crippen LogP contribution is 2.21. The quantitative estimate of drug-likeness (QED) is 0.835. The maximum atomic E-state index is 12.4. The molecule has 1 aliphatic carbocycles. The Morgan fingerprint density at radius 2 is 2.17 bits per heavy atom. The zero-order chi connectivity index (χ0) is 17.0. The fourth-order valence-corrected chi connectivity index (χ4v) is 3.11. The molecule has 0 aromatic carbocycles. The number of carbonyl (C=O) groups excluding carboxylic acids is 1. The Bertz CT molecular complexity index is 586. The molecule has 126 valence electrons. The highest BCUT2D eigenvalue weighted by atomic mass is 16.4. The van der Waals surface area contributed by atoms with Crippen LogP contribution in [0.2, 0.25) is 0 Å². The average Bonchev–Trinajstić information content (AvgIpc) is 2.45. The van der Waals surface area contributed by atoms with Gasteiger partial charge in [-0.05, 0) is 44.1 Å². The topological polar surface area (TPSA) is 92.2 Å². The van der Waals surface area contributed by atoms with Crippen LogP contribution >= 0.6 is 0 Å². The Morgan fingerprint density at radius 1 is 1.43 bits per heavy atom. The molecule has 2 N–H and O–H groups in total. The van der Waals surface area contributed by atoms with Crippen LogP contribution in [0, 0.1) is 18.8 Å². The largest absolute Gasteiger partial charge is 0.481 e. The molecule has 1 amide bonds. The average molecular weight is 319 g/mol. The molecule has 0 aliphatic heterocycles. The standard InChI is InChI=1S/C17H25N3O3/c1-10(2)6-12(8-16(21)22)17(23)20-14-4-5-15-13(7-14)9-18-11(3)19-15/h9-10,12,14H,4-8H2,1-3H3,(H,20,23)(H,21,22). The van der Waals surface area contributed by atoms with Gasteiger partial charge in [0.1, 0.15) is 5.82 Å². The minimum Gasteiger partial charge on any atom is -0.481 e. The molecule has 0 saturated heterocycles. The lowest BCUT2D eigenvalue weighted by Gasteiger charge is -2.27. The van der Waals surface area contributed by atoms with Crippen molar-refractivity contribution in [2.45, 2.75) is 58.9 Å². The molecule has 23 heavy (non-hydrogen) atoms. The van der Waals surface area contributed by atoms with Crippen molar-refractivity contribution in [3.8, 4) is 0 Å². The number of aromatic nitrogens is 2. The van der Waals surface area contributed by atoms with E-state index in [0.29, 0.717) is 12.8 Å². The maximum absolute atomic E-state index is 12.4. The van der Waals surface area contributed by atoms with Gasteiger partial charge in [-0.15, -0.1) is 0 Å². The third-order valence-electron chi connectivity index (χ3n) is 4.16. The van der Waals surface area contributed by atoms with Crippen molar-refractivity contribution in [2.75, 3.05) is 0 Å². The number of nitrogens with one attached hydrogen (secondary N) is 1. The van der Waals surface area contributed by atoms with E-state index >= 15 is 0 Å². The Labute approximate surface area is 136 Å². The van der Waals surface area contributed by atoms with Gasteiger partial charge in [-0.3, -0.25) is 9.59 Å². The van der Waals surface area contributed by atoms with Gasteiger partial charge in [0.25, 0.3) is 0 Å². The van der Waals surface area contributed by atoms with Crippen LogP contribution in [0.3, 0.4) is 0 Å². The summed E-state index contributed by atoms with van der Waals surface area (Å²) < 4.78 is 0. The monoisotopic (exact) mass is 319 g/mol. The van der Waals surface area contributed by atoms with Gasteiger partial charge in [0.15, 0.2) is 0 Å². The van der Waals surface area contributed by atoms with Gasteiger partial charge in [-0.2, -0.15) is 0 Å². The lowest BCUT2D eigenvalue weighted by atomic mass is 9.90. The number of amides is 1. The zero-order valence-corrected chi connectivity index (χ0v) is 14.0. The second-order valence-electron chi connectivity index (χ2n) is 6.76. The molecular weight excluding hydrogens is 294 g/mol. The van der Waals surface area contributed by atoms with Crippen molar-refractivity contribution in [3.05, 3.63) is 23.3 Å². The number of hydrogen-bond donors (Lipinski definition) is 2. The number of nitrogens with zero attached hydrogens (tertiary/aromatic N) is 2. The van der Waals surface area contributed by atoms with Crippen molar-refractivity contribution < 1.29 is 14.7 Å². The molecule has 0 saturated carbocycles. The molecule has 1 aromatic heterocycles. The lowest BCUT2D eigenvalue weighted by molar-refractivity contribution is -0.141. The van der Waals surface area contributed by atoms with E-state index < -0.39 is 11.9 Å².